The topological polar surface area (TPSA) is 38.0 Å². The highest BCUT2D eigenvalue weighted by atomic mass is 16.2. The standard InChI is InChI=1S/C19H20N2O/c1-15(16-7-3-2-4-8-16)19-20-12-13-21(19)18-10-6-5-9-17(18)11-14-22/h2-10,12-13,15,22H,11,14H2,1H3. The lowest BCUT2D eigenvalue weighted by Crippen LogP contribution is -2.08. The Morgan fingerprint density at radius 3 is 2.55 bits per heavy atom. The molecule has 3 rings (SSSR count). The van der Waals surface area contributed by atoms with Crippen molar-refractivity contribution in [2.24, 2.45) is 0 Å². The molecule has 22 heavy (non-hydrogen) atoms. The summed E-state index contributed by atoms with van der Waals surface area (Å²) in [7, 11) is 0. The molecule has 0 radical (unpaired) electrons. The van der Waals surface area contributed by atoms with Crippen LogP contribution in [0.25, 0.3) is 5.69 Å². The lowest BCUT2D eigenvalue weighted by molar-refractivity contribution is 0.299. The van der Waals surface area contributed by atoms with E-state index in [1.54, 1.807) is 0 Å². The van der Waals surface area contributed by atoms with Gasteiger partial charge in [0.25, 0.3) is 0 Å². The molecule has 112 valence electrons. The number of imidazole rings is 1. The zero-order valence-corrected chi connectivity index (χ0v) is 12.7. The van der Waals surface area contributed by atoms with Crippen LogP contribution in [0, 0.1) is 0 Å². The zero-order chi connectivity index (χ0) is 15.4. The van der Waals surface area contributed by atoms with Gasteiger partial charge in [0.1, 0.15) is 5.82 Å². The highest BCUT2D eigenvalue weighted by molar-refractivity contribution is 5.43. The van der Waals surface area contributed by atoms with E-state index in [0.717, 1.165) is 17.1 Å². The molecule has 3 aromatic rings. The number of benzene rings is 2. The first kappa shape index (κ1) is 14.5. The van der Waals surface area contributed by atoms with Gasteiger partial charge in [-0.1, -0.05) is 55.5 Å². The van der Waals surface area contributed by atoms with Gasteiger partial charge in [-0.2, -0.15) is 0 Å². The first-order valence-corrected chi connectivity index (χ1v) is 7.58. The Balaban J connectivity index is 2.03. The molecule has 1 aromatic heterocycles. The average molecular weight is 292 g/mol. The van der Waals surface area contributed by atoms with E-state index in [0.29, 0.717) is 6.42 Å². The van der Waals surface area contributed by atoms with Gasteiger partial charge in [0, 0.05) is 24.9 Å². The molecule has 0 aliphatic carbocycles. The molecule has 0 aliphatic heterocycles. The van der Waals surface area contributed by atoms with Gasteiger partial charge >= 0.3 is 0 Å². The Bertz CT molecular complexity index is 734. The molecule has 0 aliphatic rings. The van der Waals surface area contributed by atoms with E-state index in [1.807, 2.05) is 30.6 Å². The van der Waals surface area contributed by atoms with Crippen molar-refractivity contribution in [3.05, 3.63) is 83.9 Å². The van der Waals surface area contributed by atoms with Crippen molar-refractivity contribution in [3.8, 4) is 5.69 Å². The molecule has 0 saturated heterocycles. The minimum Gasteiger partial charge on any atom is -0.396 e. The Labute approximate surface area is 130 Å². The highest BCUT2D eigenvalue weighted by Gasteiger charge is 2.16. The largest absolute Gasteiger partial charge is 0.396 e. The summed E-state index contributed by atoms with van der Waals surface area (Å²) in [6, 6.07) is 18.6. The Morgan fingerprint density at radius 1 is 1.05 bits per heavy atom. The van der Waals surface area contributed by atoms with Crippen molar-refractivity contribution < 1.29 is 5.11 Å². The maximum atomic E-state index is 9.27. The number of aliphatic hydroxyl groups is 1. The van der Waals surface area contributed by atoms with Gasteiger partial charge in [0.15, 0.2) is 0 Å². The third-order valence-corrected chi connectivity index (χ3v) is 3.99. The third kappa shape index (κ3) is 2.81. The summed E-state index contributed by atoms with van der Waals surface area (Å²) in [6.45, 7) is 2.32. The fraction of sp³-hybridized carbons (Fsp3) is 0.211. The zero-order valence-electron chi connectivity index (χ0n) is 12.7. The van der Waals surface area contributed by atoms with E-state index >= 15 is 0 Å². The van der Waals surface area contributed by atoms with Crippen LogP contribution in [0.1, 0.15) is 29.8 Å². The van der Waals surface area contributed by atoms with Gasteiger partial charge in [0.05, 0.1) is 5.69 Å². The molecule has 3 nitrogen and oxygen atoms in total. The minimum atomic E-state index is 0.148. The second-order valence-corrected chi connectivity index (χ2v) is 5.39. The van der Waals surface area contributed by atoms with E-state index < -0.39 is 0 Å². The summed E-state index contributed by atoms with van der Waals surface area (Å²) in [6.07, 6.45) is 4.48. The van der Waals surface area contributed by atoms with E-state index in [4.69, 9.17) is 0 Å². The first-order valence-electron chi connectivity index (χ1n) is 7.58. The van der Waals surface area contributed by atoms with Crippen LogP contribution in [0.2, 0.25) is 0 Å². The lowest BCUT2D eigenvalue weighted by atomic mass is 10.00. The molecule has 1 N–H and O–H groups in total. The average Bonchev–Trinajstić information content (AvgIpc) is 3.05. The molecule has 0 amide bonds. The summed E-state index contributed by atoms with van der Waals surface area (Å²) < 4.78 is 2.13. The van der Waals surface area contributed by atoms with Gasteiger partial charge < -0.3 is 9.67 Å². The lowest BCUT2D eigenvalue weighted by Gasteiger charge is -2.17. The van der Waals surface area contributed by atoms with Gasteiger partial charge in [-0.05, 0) is 23.6 Å². The molecule has 0 fully saturated rings. The monoisotopic (exact) mass is 292 g/mol. The van der Waals surface area contributed by atoms with Gasteiger partial charge in [0.2, 0.25) is 0 Å². The first-order chi connectivity index (χ1) is 10.8. The van der Waals surface area contributed by atoms with E-state index in [2.05, 4.69) is 52.9 Å². The molecular formula is C19H20N2O. The van der Waals surface area contributed by atoms with Crippen LogP contribution in [0.4, 0.5) is 0 Å². The third-order valence-electron chi connectivity index (χ3n) is 3.99. The molecule has 1 heterocycles. The molecule has 0 saturated carbocycles. The van der Waals surface area contributed by atoms with E-state index in [1.165, 1.54) is 5.56 Å². The van der Waals surface area contributed by atoms with Crippen LogP contribution < -0.4 is 0 Å². The van der Waals surface area contributed by atoms with Crippen molar-refractivity contribution in [3.63, 3.8) is 0 Å². The fourth-order valence-corrected chi connectivity index (χ4v) is 2.81. The predicted octanol–water partition coefficient (Wildman–Crippen LogP) is 3.56. The van der Waals surface area contributed by atoms with Crippen molar-refractivity contribution in [1.29, 1.82) is 0 Å². The van der Waals surface area contributed by atoms with Crippen LogP contribution in [0.5, 0.6) is 0 Å². The summed E-state index contributed by atoms with van der Waals surface area (Å²) >= 11 is 0. The van der Waals surface area contributed by atoms with Crippen molar-refractivity contribution in [1.82, 2.24) is 9.55 Å². The van der Waals surface area contributed by atoms with E-state index in [9.17, 15) is 5.11 Å². The van der Waals surface area contributed by atoms with Crippen molar-refractivity contribution in [2.45, 2.75) is 19.3 Å². The summed E-state index contributed by atoms with van der Waals surface area (Å²) in [4.78, 5) is 4.57. The van der Waals surface area contributed by atoms with Crippen molar-refractivity contribution >= 4 is 0 Å². The molecule has 2 aromatic carbocycles. The summed E-state index contributed by atoms with van der Waals surface area (Å²) in [5.74, 6) is 1.22. The number of aromatic nitrogens is 2. The number of nitrogens with zero attached hydrogens (tertiary/aromatic N) is 2. The van der Waals surface area contributed by atoms with Crippen LogP contribution >= 0.6 is 0 Å². The van der Waals surface area contributed by atoms with Crippen molar-refractivity contribution in [2.75, 3.05) is 6.61 Å². The number of rotatable bonds is 5. The SMILES string of the molecule is CC(c1ccccc1)c1nccn1-c1ccccc1CCO. The second kappa shape index (κ2) is 6.58. The molecule has 1 unspecified atom stereocenters. The Morgan fingerprint density at radius 2 is 1.77 bits per heavy atom. The fourth-order valence-electron chi connectivity index (χ4n) is 2.81. The smallest absolute Gasteiger partial charge is 0.120 e. The summed E-state index contributed by atoms with van der Waals surface area (Å²) in [5, 5.41) is 9.27. The maximum absolute atomic E-state index is 9.27. The summed E-state index contributed by atoms with van der Waals surface area (Å²) in [5.41, 5.74) is 3.46. The van der Waals surface area contributed by atoms with Gasteiger partial charge in [-0.3, -0.25) is 0 Å². The highest BCUT2D eigenvalue weighted by Crippen LogP contribution is 2.26. The predicted molar refractivity (Wildman–Crippen MR) is 88.3 cm³/mol. The number of aliphatic hydroxyl groups excluding tert-OH is 1. The van der Waals surface area contributed by atoms with Crippen LogP contribution in [0.15, 0.2) is 67.0 Å². The molecule has 1 atom stereocenters. The number of para-hydroxylation sites is 1. The number of hydrogen-bond donors (Lipinski definition) is 1. The van der Waals surface area contributed by atoms with Gasteiger partial charge in [-0.25, -0.2) is 4.98 Å². The Hall–Kier alpha value is -2.39. The molecule has 0 spiro atoms. The van der Waals surface area contributed by atoms with Crippen LogP contribution in [-0.4, -0.2) is 21.3 Å². The van der Waals surface area contributed by atoms with Gasteiger partial charge in [-0.15, -0.1) is 0 Å². The van der Waals surface area contributed by atoms with Crippen LogP contribution in [0.3, 0.4) is 0 Å². The minimum absolute atomic E-state index is 0.148. The van der Waals surface area contributed by atoms with E-state index in [-0.39, 0.29) is 12.5 Å². The second-order valence-electron chi connectivity index (χ2n) is 5.39. The number of hydrogen-bond acceptors (Lipinski definition) is 2. The van der Waals surface area contributed by atoms with Crippen LogP contribution in [-0.2, 0) is 6.42 Å². The maximum Gasteiger partial charge on any atom is 0.120 e. The normalized spacial score (nSPS) is 12.3. The molecule has 3 heteroatoms. The quantitative estimate of drug-likeness (QED) is 0.781. The Kier molecular flexibility index (Phi) is 4.35. The molecule has 0 bridgehead atoms. The molecular weight excluding hydrogens is 272 g/mol.